The monoisotopic (exact) mass is 461 g/mol. The van der Waals surface area contributed by atoms with Crippen molar-refractivity contribution in [3.05, 3.63) is 66.0 Å². The summed E-state index contributed by atoms with van der Waals surface area (Å²) >= 11 is 0. The van der Waals surface area contributed by atoms with E-state index in [1.807, 2.05) is 18.2 Å². The Labute approximate surface area is 192 Å². The second-order valence-corrected chi connectivity index (χ2v) is 9.06. The summed E-state index contributed by atoms with van der Waals surface area (Å²) in [6.07, 6.45) is -1.18. The van der Waals surface area contributed by atoms with E-state index in [0.29, 0.717) is 25.0 Å². The maximum Gasteiger partial charge on any atom is 0.433 e. The Bertz CT molecular complexity index is 923. The van der Waals surface area contributed by atoms with E-state index < -0.39 is 11.9 Å². The molecular formula is C25H30F3N3O2. The number of aromatic nitrogens is 1. The van der Waals surface area contributed by atoms with Crippen LogP contribution >= 0.6 is 0 Å². The third-order valence-electron chi connectivity index (χ3n) is 6.81. The third kappa shape index (κ3) is 5.08. The number of nitrogens with zero attached hydrogens (tertiary/aromatic N) is 3. The molecule has 2 unspecified atom stereocenters. The number of fused-ring (bicyclic) bond motifs is 1. The van der Waals surface area contributed by atoms with Crippen molar-refractivity contribution in [2.24, 2.45) is 11.8 Å². The first-order valence-corrected chi connectivity index (χ1v) is 11.1. The second-order valence-electron chi connectivity index (χ2n) is 9.06. The number of methoxy groups -OCH3 is 1. The van der Waals surface area contributed by atoms with Gasteiger partial charge in [0.2, 0.25) is 0 Å². The molecule has 0 amide bonds. The maximum absolute atomic E-state index is 12.4. The number of alkyl halides is 3. The molecule has 3 aliphatic rings. The van der Waals surface area contributed by atoms with Gasteiger partial charge in [-0.3, -0.25) is 0 Å². The van der Waals surface area contributed by atoms with Gasteiger partial charge < -0.3 is 19.3 Å². The van der Waals surface area contributed by atoms with Crippen LogP contribution in [0, 0.1) is 11.8 Å². The number of hydrogen-bond acceptors (Lipinski definition) is 5. The molecule has 0 bridgehead atoms. The smallest absolute Gasteiger partial charge is 0.375 e. The molecular weight excluding hydrogens is 431 g/mol. The molecule has 1 aromatic carbocycles. The van der Waals surface area contributed by atoms with Gasteiger partial charge in [-0.15, -0.1) is 0 Å². The molecule has 0 spiro atoms. The normalized spacial score (nSPS) is 24.0. The number of halogens is 3. The number of benzene rings is 1. The lowest BCUT2D eigenvalue weighted by Crippen LogP contribution is -2.48. The number of likely N-dealkylation sites (tertiary alicyclic amines) is 1. The molecule has 33 heavy (non-hydrogen) atoms. The summed E-state index contributed by atoms with van der Waals surface area (Å²) in [6, 6.07) is 10.8. The summed E-state index contributed by atoms with van der Waals surface area (Å²) in [5, 5.41) is 0. The lowest BCUT2D eigenvalue weighted by atomic mass is 9.91. The van der Waals surface area contributed by atoms with E-state index in [4.69, 9.17) is 9.47 Å². The fourth-order valence-corrected chi connectivity index (χ4v) is 4.79. The highest BCUT2D eigenvalue weighted by atomic mass is 19.4. The van der Waals surface area contributed by atoms with Crippen molar-refractivity contribution in [2.75, 3.05) is 58.5 Å². The summed E-state index contributed by atoms with van der Waals surface area (Å²) in [5.74, 6) is 1.26. The zero-order valence-corrected chi connectivity index (χ0v) is 19.0. The van der Waals surface area contributed by atoms with Crippen molar-refractivity contribution in [3.63, 3.8) is 0 Å². The molecule has 4 heterocycles. The van der Waals surface area contributed by atoms with E-state index in [-0.39, 0.29) is 5.60 Å². The Morgan fingerprint density at radius 3 is 2.12 bits per heavy atom. The zero-order valence-electron chi connectivity index (χ0n) is 19.0. The largest absolute Gasteiger partial charge is 0.433 e. The lowest BCUT2D eigenvalue weighted by Gasteiger charge is -2.40. The molecule has 0 N–H and O–H groups in total. The minimum Gasteiger partial charge on any atom is -0.375 e. The fourth-order valence-electron chi connectivity index (χ4n) is 4.79. The van der Waals surface area contributed by atoms with Gasteiger partial charge in [-0.1, -0.05) is 36.9 Å². The van der Waals surface area contributed by atoms with Gasteiger partial charge in [0.1, 0.15) is 11.3 Å². The topological polar surface area (TPSA) is 37.8 Å². The molecule has 3 fully saturated rings. The first kappa shape index (κ1) is 23.7. The van der Waals surface area contributed by atoms with E-state index in [0.717, 1.165) is 43.5 Å². The van der Waals surface area contributed by atoms with Crippen LogP contribution in [0.4, 0.5) is 18.9 Å². The Kier molecular flexibility index (Phi) is 6.79. The molecule has 178 valence electrons. The van der Waals surface area contributed by atoms with Crippen LogP contribution in [-0.2, 0) is 21.3 Å². The molecule has 1 aromatic heterocycles. The van der Waals surface area contributed by atoms with Gasteiger partial charge in [-0.05, 0) is 42.1 Å². The Morgan fingerprint density at radius 1 is 1.06 bits per heavy atom. The molecule has 2 atom stereocenters. The number of anilines is 1. The summed E-state index contributed by atoms with van der Waals surface area (Å²) in [7, 11) is 3.84. The first-order valence-electron chi connectivity index (χ1n) is 11.1. The van der Waals surface area contributed by atoms with E-state index >= 15 is 0 Å². The first-order chi connectivity index (χ1) is 15.7. The number of hydrogen-bond donors (Lipinski definition) is 0. The molecule has 0 radical (unpaired) electrons. The van der Waals surface area contributed by atoms with Crippen LogP contribution in [0.2, 0.25) is 0 Å². The molecule has 3 aliphatic heterocycles. The number of rotatable bonds is 4. The third-order valence-corrected chi connectivity index (χ3v) is 6.81. The maximum atomic E-state index is 12.4. The van der Waals surface area contributed by atoms with Gasteiger partial charge in [0.05, 0.1) is 25.1 Å². The van der Waals surface area contributed by atoms with Crippen molar-refractivity contribution in [1.82, 2.24) is 9.88 Å². The van der Waals surface area contributed by atoms with Crippen LogP contribution in [0.5, 0.6) is 0 Å². The highest BCUT2D eigenvalue weighted by Crippen LogP contribution is 2.35. The van der Waals surface area contributed by atoms with Crippen LogP contribution in [-0.4, -0.2) is 63.4 Å². The van der Waals surface area contributed by atoms with Crippen LogP contribution in [0.1, 0.15) is 16.8 Å². The van der Waals surface area contributed by atoms with Crippen LogP contribution in [0.3, 0.4) is 0 Å². The van der Waals surface area contributed by atoms with Crippen molar-refractivity contribution in [3.8, 4) is 0 Å². The van der Waals surface area contributed by atoms with Gasteiger partial charge in [-0.25, -0.2) is 4.98 Å². The number of ether oxygens (including phenoxy) is 2. The molecule has 5 nitrogen and oxygen atoms in total. The molecule has 0 saturated carbocycles. The average Bonchev–Trinajstić information content (AvgIpc) is 3.31. The molecule has 3 saturated heterocycles. The molecule has 0 aliphatic carbocycles. The highest BCUT2D eigenvalue weighted by molar-refractivity contribution is 5.48. The van der Waals surface area contributed by atoms with E-state index in [2.05, 4.69) is 40.5 Å². The van der Waals surface area contributed by atoms with Crippen molar-refractivity contribution >= 4 is 11.8 Å². The van der Waals surface area contributed by atoms with Crippen LogP contribution in [0.15, 0.2) is 49.2 Å². The predicted molar refractivity (Wildman–Crippen MR) is 122 cm³/mol. The predicted octanol–water partition coefficient (Wildman–Crippen LogP) is 4.30. The van der Waals surface area contributed by atoms with E-state index in [1.54, 1.807) is 7.11 Å². The van der Waals surface area contributed by atoms with E-state index in [1.165, 1.54) is 17.8 Å². The minimum absolute atomic E-state index is 0.209. The highest BCUT2D eigenvalue weighted by Gasteiger charge is 2.41. The van der Waals surface area contributed by atoms with Crippen molar-refractivity contribution in [2.45, 2.75) is 11.8 Å². The second kappa shape index (κ2) is 9.44. The summed E-state index contributed by atoms with van der Waals surface area (Å²) < 4.78 is 48.0. The Morgan fingerprint density at radius 2 is 1.70 bits per heavy atom. The Hall–Kier alpha value is -2.42. The summed E-state index contributed by atoms with van der Waals surface area (Å²) in [4.78, 5) is 7.99. The quantitative estimate of drug-likeness (QED) is 0.679. The molecule has 8 heteroatoms. The Balaban J connectivity index is 0.000000165. The van der Waals surface area contributed by atoms with Gasteiger partial charge >= 0.3 is 6.18 Å². The van der Waals surface area contributed by atoms with Gasteiger partial charge in [-0.2, -0.15) is 13.2 Å². The summed E-state index contributed by atoms with van der Waals surface area (Å²) in [6.45, 7) is 9.02. The number of pyridine rings is 1. The minimum atomic E-state index is -4.36. The standard InChI is InChI=1S/C13H16F3N3.C12H14O2/c1-18-5-9-7-19(8-10(9)6-18)11-2-3-12(17-4-11)13(14,15)16;1-3-10-4-6-11(7-5-10)12(13-2)8-14-9-12/h2-4,9-10H,5-8H2,1H3;3-7H,1,8-9H2,2H3. The van der Waals surface area contributed by atoms with Gasteiger partial charge in [0.15, 0.2) is 0 Å². The van der Waals surface area contributed by atoms with Crippen molar-refractivity contribution in [1.29, 1.82) is 0 Å². The van der Waals surface area contributed by atoms with Crippen molar-refractivity contribution < 1.29 is 22.6 Å². The van der Waals surface area contributed by atoms with Gasteiger partial charge in [0, 0.05) is 33.3 Å². The zero-order chi connectivity index (χ0) is 23.6. The van der Waals surface area contributed by atoms with E-state index in [9.17, 15) is 13.2 Å². The van der Waals surface area contributed by atoms with Gasteiger partial charge in [0.25, 0.3) is 0 Å². The molecule has 2 aromatic rings. The fraction of sp³-hybridized carbons (Fsp3) is 0.480. The summed E-state index contributed by atoms with van der Waals surface area (Å²) in [5.41, 5.74) is 2.07. The SMILES string of the molecule is C=Cc1ccc(C2(OC)COC2)cc1.CN1CC2CN(c3ccc(C(F)(F)F)nc3)CC2C1. The average molecular weight is 462 g/mol. The van der Waals surface area contributed by atoms with Crippen LogP contribution < -0.4 is 4.90 Å². The molecule has 5 rings (SSSR count). The lowest BCUT2D eigenvalue weighted by molar-refractivity contribution is -0.202. The van der Waals surface area contributed by atoms with Crippen LogP contribution in [0.25, 0.3) is 6.08 Å².